The largest absolute Gasteiger partial charge is 0.497 e. The quantitative estimate of drug-likeness (QED) is 0.841. The molecule has 5 heteroatoms. The molecule has 0 aliphatic heterocycles. The van der Waals surface area contributed by atoms with Gasteiger partial charge in [0.15, 0.2) is 0 Å². The van der Waals surface area contributed by atoms with Gasteiger partial charge in [-0.1, -0.05) is 6.92 Å². The molecule has 0 spiro atoms. The molecule has 2 rings (SSSR count). The van der Waals surface area contributed by atoms with Gasteiger partial charge >= 0.3 is 0 Å². The lowest BCUT2D eigenvalue weighted by Crippen LogP contribution is -2.13. The summed E-state index contributed by atoms with van der Waals surface area (Å²) in [5, 5.41) is 7.61. The van der Waals surface area contributed by atoms with Crippen molar-refractivity contribution < 1.29 is 9.47 Å². The first-order valence-electron chi connectivity index (χ1n) is 6.72. The second kappa shape index (κ2) is 6.96. The van der Waals surface area contributed by atoms with Crippen molar-refractivity contribution >= 4 is 0 Å². The standard InChI is InChI=1S/C15H21N3O2/c1-4-16-10-12-9-14(19-3)5-6-15(12)20-11-13-7-8-18(2)17-13/h5-9,16H,4,10-11H2,1-3H3. The fraction of sp³-hybridized carbons (Fsp3) is 0.400. The smallest absolute Gasteiger partial charge is 0.132 e. The van der Waals surface area contributed by atoms with Crippen LogP contribution in [0.25, 0.3) is 0 Å². The van der Waals surface area contributed by atoms with E-state index in [-0.39, 0.29) is 0 Å². The number of benzene rings is 1. The molecule has 1 aromatic heterocycles. The molecule has 0 aliphatic rings. The van der Waals surface area contributed by atoms with Crippen molar-refractivity contribution in [2.75, 3.05) is 13.7 Å². The van der Waals surface area contributed by atoms with E-state index in [0.717, 1.165) is 35.8 Å². The number of hydrogen-bond acceptors (Lipinski definition) is 4. The minimum Gasteiger partial charge on any atom is -0.497 e. The molecule has 0 radical (unpaired) electrons. The average molecular weight is 275 g/mol. The minimum atomic E-state index is 0.465. The van der Waals surface area contributed by atoms with Crippen molar-refractivity contribution in [3.63, 3.8) is 0 Å². The number of rotatable bonds is 7. The first kappa shape index (κ1) is 14.4. The number of methoxy groups -OCH3 is 1. The predicted octanol–water partition coefficient (Wildman–Crippen LogP) is 2.12. The maximum atomic E-state index is 5.86. The SMILES string of the molecule is CCNCc1cc(OC)ccc1OCc1ccn(C)n1. The summed E-state index contributed by atoms with van der Waals surface area (Å²) in [6.07, 6.45) is 1.91. The Morgan fingerprint density at radius 3 is 2.80 bits per heavy atom. The van der Waals surface area contributed by atoms with Crippen LogP contribution in [-0.4, -0.2) is 23.4 Å². The van der Waals surface area contributed by atoms with Crippen LogP contribution in [0.5, 0.6) is 11.5 Å². The highest BCUT2D eigenvalue weighted by molar-refractivity contribution is 5.40. The second-order valence-electron chi connectivity index (χ2n) is 4.52. The Morgan fingerprint density at radius 1 is 1.30 bits per heavy atom. The highest BCUT2D eigenvalue weighted by Gasteiger charge is 2.07. The molecule has 1 aromatic carbocycles. The summed E-state index contributed by atoms with van der Waals surface area (Å²) in [5.74, 6) is 1.69. The van der Waals surface area contributed by atoms with Crippen molar-refractivity contribution in [3.8, 4) is 11.5 Å². The third kappa shape index (κ3) is 3.74. The van der Waals surface area contributed by atoms with Gasteiger partial charge in [-0.15, -0.1) is 0 Å². The van der Waals surface area contributed by atoms with Gasteiger partial charge in [0, 0.05) is 25.4 Å². The van der Waals surface area contributed by atoms with E-state index in [1.54, 1.807) is 11.8 Å². The number of ether oxygens (including phenoxy) is 2. The molecule has 0 aliphatic carbocycles. The zero-order valence-corrected chi connectivity index (χ0v) is 12.2. The molecular formula is C15H21N3O2. The summed E-state index contributed by atoms with van der Waals surface area (Å²) in [4.78, 5) is 0. The van der Waals surface area contributed by atoms with Crippen molar-refractivity contribution in [1.82, 2.24) is 15.1 Å². The Kier molecular flexibility index (Phi) is 5.01. The van der Waals surface area contributed by atoms with Gasteiger partial charge in [-0.05, 0) is 30.8 Å². The second-order valence-corrected chi connectivity index (χ2v) is 4.52. The Hall–Kier alpha value is -2.01. The van der Waals surface area contributed by atoms with Gasteiger partial charge < -0.3 is 14.8 Å². The maximum Gasteiger partial charge on any atom is 0.132 e. The number of nitrogens with zero attached hydrogens (tertiary/aromatic N) is 2. The molecule has 0 unspecified atom stereocenters. The molecule has 0 saturated heterocycles. The van der Waals surface area contributed by atoms with Gasteiger partial charge in [0.2, 0.25) is 0 Å². The Bertz CT molecular complexity index is 552. The monoisotopic (exact) mass is 275 g/mol. The van der Waals surface area contributed by atoms with E-state index in [1.807, 2.05) is 37.5 Å². The highest BCUT2D eigenvalue weighted by atomic mass is 16.5. The molecule has 0 saturated carbocycles. The molecule has 108 valence electrons. The first-order valence-corrected chi connectivity index (χ1v) is 6.72. The summed E-state index contributed by atoms with van der Waals surface area (Å²) >= 11 is 0. The number of aryl methyl sites for hydroxylation is 1. The zero-order chi connectivity index (χ0) is 14.4. The van der Waals surface area contributed by atoms with Crippen molar-refractivity contribution in [2.45, 2.75) is 20.1 Å². The van der Waals surface area contributed by atoms with Gasteiger partial charge in [0.05, 0.1) is 12.8 Å². The zero-order valence-electron chi connectivity index (χ0n) is 12.2. The molecule has 0 fully saturated rings. The Balaban J connectivity index is 2.08. The van der Waals surface area contributed by atoms with E-state index in [9.17, 15) is 0 Å². The van der Waals surface area contributed by atoms with Crippen LogP contribution < -0.4 is 14.8 Å². The lowest BCUT2D eigenvalue weighted by Gasteiger charge is -2.12. The fourth-order valence-corrected chi connectivity index (χ4v) is 1.91. The molecular weight excluding hydrogens is 254 g/mol. The van der Waals surface area contributed by atoms with E-state index >= 15 is 0 Å². The fourth-order valence-electron chi connectivity index (χ4n) is 1.91. The lowest BCUT2D eigenvalue weighted by atomic mass is 10.2. The van der Waals surface area contributed by atoms with Crippen molar-refractivity contribution in [1.29, 1.82) is 0 Å². The van der Waals surface area contributed by atoms with Gasteiger partial charge in [-0.25, -0.2) is 0 Å². The molecule has 0 bridgehead atoms. The third-order valence-electron chi connectivity index (χ3n) is 2.98. The van der Waals surface area contributed by atoms with E-state index < -0.39 is 0 Å². The van der Waals surface area contributed by atoms with E-state index in [4.69, 9.17) is 9.47 Å². The van der Waals surface area contributed by atoms with Crippen LogP contribution in [0.4, 0.5) is 0 Å². The maximum absolute atomic E-state index is 5.86. The van der Waals surface area contributed by atoms with Gasteiger partial charge in [0.1, 0.15) is 18.1 Å². The van der Waals surface area contributed by atoms with Crippen molar-refractivity contribution in [3.05, 3.63) is 41.7 Å². The van der Waals surface area contributed by atoms with Gasteiger partial charge in [-0.2, -0.15) is 5.10 Å². The number of nitrogens with one attached hydrogen (secondary N) is 1. The highest BCUT2D eigenvalue weighted by Crippen LogP contribution is 2.24. The molecule has 1 heterocycles. The minimum absolute atomic E-state index is 0.465. The van der Waals surface area contributed by atoms with Crippen molar-refractivity contribution in [2.24, 2.45) is 7.05 Å². The molecule has 2 aromatic rings. The van der Waals surface area contributed by atoms with E-state index in [2.05, 4.69) is 17.3 Å². The number of aromatic nitrogens is 2. The normalized spacial score (nSPS) is 10.6. The average Bonchev–Trinajstić information content (AvgIpc) is 2.89. The summed E-state index contributed by atoms with van der Waals surface area (Å²) in [7, 11) is 3.56. The Labute approximate surface area is 119 Å². The van der Waals surface area contributed by atoms with E-state index in [1.165, 1.54) is 0 Å². The van der Waals surface area contributed by atoms with E-state index in [0.29, 0.717) is 6.61 Å². The lowest BCUT2D eigenvalue weighted by molar-refractivity contribution is 0.295. The van der Waals surface area contributed by atoms with Crippen LogP contribution >= 0.6 is 0 Å². The summed E-state index contributed by atoms with van der Waals surface area (Å²) in [6, 6.07) is 7.79. The summed E-state index contributed by atoms with van der Waals surface area (Å²) in [6.45, 7) is 4.21. The number of hydrogen-bond donors (Lipinski definition) is 1. The first-order chi connectivity index (χ1) is 9.72. The topological polar surface area (TPSA) is 48.3 Å². The predicted molar refractivity (Wildman–Crippen MR) is 77.9 cm³/mol. The molecule has 1 N–H and O–H groups in total. The van der Waals surface area contributed by atoms with Crippen LogP contribution in [0.15, 0.2) is 30.5 Å². The molecule has 20 heavy (non-hydrogen) atoms. The summed E-state index contributed by atoms with van der Waals surface area (Å²) in [5.41, 5.74) is 2.00. The van der Waals surface area contributed by atoms with Gasteiger partial charge in [0.25, 0.3) is 0 Å². The van der Waals surface area contributed by atoms with Crippen LogP contribution in [0.1, 0.15) is 18.2 Å². The molecule has 5 nitrogen and oxygen atoms in total. The van der Waals surface area contributed by atoms with Crippen LogP contribution in [-0.2, 0) is 20.2 Å². The van der Waals surface area contributed by atoms with Gasteiger partial charge in [-0.3, -0.25) is 4.68 Å². The summed E-state index contributed by atoms with van der Waals surface area (Å²) < 4.78 is 12.9. The van der Waals surface area contributed by atoms with Crippen LogP contribution in [0.3, 0.4) is 0 Å². The Morgan fingerprint density at radius 2 is 2.15 bits per heavy atom. The van der Waals surface area contributed by atoms with Crippen LogP contribution in [0, 0.1) is 0 Å². The molecule has 0 atom stereocenters. The van der Waals surface area contributed by atoms with Crippen LogP contribution in [0.2, 0.25) is 0 Å². The molecule has 0 amide bonds. The third-order valence-corrected chi connectivity index (χ3v) is 2.98.